The van der Waals surface area contributed by atoms with E-state index in [-0.39, 0.29) is 17.6 Å². The third-order valence-corrected chi connectivity index (χ3v) is 5.44. The molecule has 1 saturated heterocycles. The number of benzene rings is 2. The first kappa shape index (κ1) is 20.2. The summed E-state index contributed by atoms with van der Waals surface area (Å²) in [4.78, 5) is 30.6. The summed E-state index contributed by atoms with van der Waals surface area (Å²) < 4.78 is 5.76. The van der Waals surface area contributed by atoms with Gasteiger partial charge in [-0.1, -0.05) is 15.9 Å². The van der Waals surface area contributed by atoms with Crippen LogP contribution in [0.25, 0.3) is 6.08 Å². The number of halogens is 1. The first-order chi connectivity index (χ1) is 13.4. The number of nitrogens with zero attached hydrogens (tertiary/aromatic N) is 2. The molecule has 0 aromatic heterocycles. The first-order valence-electron chi connectivity index (χ1n) is 8.41. The highest BCUT2D eigenvalue weighted by atomic mass is 79.9. The molecule has 2 aromatic rings. The lowest BCUT2D eigenvalue weighted by molar-refractivity contribution is -0.121. The Morgan fingerprint density at radius 3 is 2.68 bits per heavy atom. The van der Waals surface area contributed by atoms with E-state index in [1.54, 1.807) is 62.5 Å². The van der Waals surface area contributed by atoms with E-state index in [2.05, 4.69) is 20.9 Å². The van der Waals surface area contributed by atoms with Crippen molar-refractivity contribution in [3.63, 3.8) is 0 Å². The van der Waals surface area contributed by atoms with Gasteiger partial charge in [-0.3, -0.25) is 9.69 Å². The molecule has 0 bridgehead atoms. The topological polar surface area (TPSA) is 79.2 Å². The smallest absolute Gasteiger partial charge is 0.338 e. The van der Waals surface area contributed by atoms with Crippen LogP contribution in [-0.2, 0) is 9.53 Å². The van der Waals surface area contributed by atoms with Crippen molar-refractivity contribution in [2.24, 2.45) is 4.99 Å². The van der Waals surface area contributed by atoms with E-state index in [1.165, 1.54) is 16.7 Å². The molecule has 0 unspecified atom stereocenters. The van der Waals surface area contributed by atoms with Crippen LogP contribution in [0.15, 0.2) is 56.8 Å². The molecule has 1 aliphatic rings. The minimum Gasteiger partial charge on any atom is -0.507 e. The average Bonchev–Trinajstić information content (AvgIpc) is 2.93. The Bertz CT molecular complexity index is 986. The maximum Gasteiger partial charge on any atom is 0.338 e. The SMILES string of the molecule is CCOC(=O)c1ccc(N=C2S/C(=C\c3cc(Br)ccc3O)C(=O)N2C)cc1. The molecule has 3 rings (SSSR count). The van der Waals surface area contributed by atoms with Gasteiger partial charge in [-0.15, -0.1) is 0 Å². The summed E-state index contributed by atoms with van der Waals surface area (Å²) in [6.45, 7) is 2.07. The zero-order valence-corrected chi connectivity index (χ0v) is 17.6. The summed E-state index contributed by atoms with van der Waals surface area (Å²) in [5.41, 5.74) is 1.60. The number of ether oxygens (including phenoxy) is 1. The van der Waals surface area contributed by atoms with Gasteiger partial charge >= 0.3 is 5.97 Å². The van der Waals surface area contributed by atoms with Crippen molar-refractivity contribution < 1.29 is 19.4 Å². The maximum absolute atomic E-state index is 12.5. The Labute approximate surface area is 175 Å². The molecule has 144 valence electrons. The van der Waals surface area contributed by atoms with Gasteiger partial charge in [0.1, 0.15) is 5.75 Å². The third-order valence-electron chi connectivity index (χ3n) is 3.88. The van der Waals surface area contributed by atoms with E-state index in [0.717, 1.165) is 4.47 Å². The van der Waals surface area contributed by atoms with Crippen LogP contribution in [0.5, 0.6) is 5.75 Å². The molecule has 2 aromatic carbocycles. The number of amidine groups is 1. The highest BCUT2D eigenvalue weighted by molar-refractivity contribution is 9.10. The lowest BCUT2D eigenvalue weighted by Crippen LogP contribution is -2.23. The fraction of sp³-hybridized carbons (Fsp3) is 0.150. The molecule has 1 amide bonds. The van der Waals surface area contributed by atoms with E-state index in [4.69, 9.17) is 4.74 Å². The second-order valence-electron chi connectivity index (χ2n) is 5.84. The van der Waals surface area contributed by atoms with Crippen molar-refractivity contribution in [3.05, 3.63) is 63.0 Å². The van der Waals surface area contributed by atoms with Gasteiger partial charge in [0.25, 0.3) is 5.91 Å². The monoisotopic (exact) mass is 460 g/mol. The summed E-state index contributed by atoms with van der Waals surface area (Å²) in [6, 6.07) is 11.7. The highest BCUT2D eigenvalue weighted by Gasteiger charge is 2.30. The van der Waals surface area contributed by atoms with E-state index < -0.39 is 0 Å². The van der Waals surface area contributed by atoms with Crippen LogP contribution < -0.4 is 0 Å². The summed E-state index contributed by atoms with van der Waals surface area (Å²) in [5, 5.41) is 10.5. The van der Waals surface area contributed by atoms with Crippen LogP contribution in [0.4, 0.5) is 5.69 Å². The summed E-state index contributed by atoms with van der Waals surface area (Å²) in [5.74, 6) is -0.499. The molecule has 6 nitrogen and oxygen atoms in total. The number of rotatable bonds is 4. The molecular formula is C20H17BrN2O4S. The van der Waals surface area contributed by atoms with Gasteiger partial charge in [0, 0.05) is 17.1 Å². The Kier molecular flexibility index (Phi) is 6.21. The van der Waals surface area contributed by atoms with Crippen LogP contribution in [0.1, 0.15) is 22.8 Å². The van der Waals surface area contributed by atoms with Crippen molar-refractivity contribution in [2.45, 2.75) is 6.92 Å². The number of carbonyl (C=O) groups excluding carboxylic acids is 2. The van der Waals surface area contributed by atoms with Gasteiger partial charge < -0.3 is 9.84 Å². The van der Waals surface area contributed by atoms with Gasteiger partial charge in [-0.25, -0.2) is 9.79 Å². The number of carbonyl (C=O) groups is 2. The second kappa shape index (κ2) is 8.62. The largest absolute Gasteiger partial charge is 0.507 e. The van der Waals surface area contributed by atoms with Crippen LogP contribution in [0.3, 0.4) is 0 Å². The number of phenolic OH excluding ortho intramolecular Hbond substituents is 1. The normalized spacial score (nSPS) is 16.8. The molecule has 0 spiro atoms. The van der Waals surface area contributed by atoms with Crippen LogP contribution in [-0.4, -0.2) is 40.7 Å². The van der Waals surface area contributed by atoms with Gasteiger partial charge in [0.15, 0.2) is 5.17 Å². The number of hydrogen-bond donors (Lipinski definition) is 1. The predicted molar refractivity (Wildman–Crippen MR) is 114 cm³/mol. The second-order valence-corrected chi connectivity index (χ2v) is 7.76. The van der Waals surface area contributed by atoms with E-state index in [9.17, 15) is 14.7 Å². The molecule has 1 N–H and O–H groups in total. The third kappa shape index (κ3) is 4.45. The number of likely N-dealkylation sites (N-methyl/N-ethyl adjacent to an activating group) is 1. The average molecular weight is 461 g/mol. The number of hydrogen-bond acceptors (Lipinski definition) is 6. The van der Waals surface area contributed by atoms with E-state index >= 15 is 0 Å². The van der Waals surface area contributed by atoms with Crippen molar-refractivity contribution >= 4 is 56.5 Å². The van der Waals surface area contributed by atoms with Gasteiger partial charge in [0.2, 0.25) is 0 Å². The zero-order chi connectivity index (χ0) is 20.3. The summed E-state index contributed by atoms with van der Waals surface area (Å²) in [6.07, 6.45) is 1.63. The summed E-state index contributed by atoms with van der Waals surface area (Å²) >= 11 is 4.57. The summed E-state index contributed by atoms with van der Waals surface area (Å²) in [7, 11) is 1.64. The number of amides is 1. The van der Waals surface area contributed by atoms with Crippen LogP contribution in [0.2, 0.25) is 0 Å². The standard InChI is InChI=1S/C20H17BrN2O4S/c1-3-27-19(26)12-4-7-15(8-5-12)22-20-23(2)18(25)17(28-20)11-13-10-14(21)6-9-16(13)24/h4-11,24H,3H2,1-2H3/b17-11-,22-20?. The van der Waals surface area contributed by atoms with Gasteiger partial charge in [-0.2, -0.15) is 0 Å². The number of phenols is 1. The molecule has 8 heteroatoms. The Hall–Kier alpha value is -2.58. The lowest BCUT2D eigenvalue weighted by atomic mass is 10.2. The van der Waals surface area contributed by atoms with Crippen molar-refractivity contribution in [1.29, 1.82) is 0 Å². The predicted octanol–water partition coefficient (Wildman–Crippen LogP) is 4.57. The molecular weight excluding hydrogens is 444 g/mol. The Morgan fingerprint density at radius 2 is 2.00 bits per heavy atom. The molecule has 0 radical (unpaired) electrons. The number of aliphatic imine (C=N–C) groups is 1. The molecule has 1 heterocycles. The Morgan fingerprint density at radius 1 is 1.29 bits per heavy atom. The van der Waals surface area contributed by atoms with Crippen LogP contribution >= 0.6 is 27.7 Å². The van der Waals surface area contributed by atoms with Crippen molar-refractivity contribution in [1.82, 2.24) is 4.90 Å². The molecule has 0 saturated carbocycles. The minimum atomic E-state index is -0.386. The molecule has 0 aliphatic carbocycles. The first-order valence-corrected chi connectivity index (χ1v) is 10.0. The van der Waals surface area contributed by atoms with Gasteiger partial charge in [0.05, 0.1) is 22.8 Å². The number of thioether (sulfide) groups is 1. The van der Waals surface area contributed by atoms with E-state index in [0.29, 0.717) is 33.5 Å². The minimum absolute atomic E-state index is 0.0895. The quantitative estimate of drug-likeness (QED) is 0.533. The Balaban J connectivity index is 1.84. The molecule has 1 aliphatic heterocycles. The van der Waals surface area contributed by atoms with Crippen molar-refractivity contribution in [3.8, 4) is 5.75 Å². The molecule has 1 fully saturated rings. The zero-order valence-electron chi connectivity index (χ0n) is 15.2. The number of esters is 1. The van der Waals surface area contributed by atoms with Crippen LogP contribution in [0, 0.1) is 0 Å². The number of aromatic hydroxyl groups is 1. The van der Waals surface area contributed by atoms with Crippen molar-refractivity contribution in [2.75, 3.05) is 13.7 Å². The molecule has 28 heavy (non-hydrogen) atoms. The molecule has 0 atom stereocenters. The fourth-order valence-corrected chi connectivity index (χ4v) is 3.79. The lowest BCUT2D eigenvalue weighted by Gasteiger charge is -2.07. The fourth-order valence-electron chi connectivity index (χ4n) is 2.43. The maximum atomic E-state index is 12.5. The van der Waals surface area contributed by atoms with Gasteiger partial charge in [-0.05, 0) is 67.2 Å². The highest BCUT2D eigenvalue weighted by Crippen LogP contribution is 2.35. The van der Waals surface area contributed by atoms with E-state index in [1.807, 2.05) is 0 Å².